The van der Waals surface area contributed by atoms with E-state index in [0.29, 0.717) is 21.5 Å². The number of carbonyl (C=O) groups is 2. The Kier molecular flexibility index (Phi) is 5.20. The lowest BCUT2D eigenvalue weighted by atomic mass is 10.0. The molecule has 4 aromatic rings. The summed E-state index contributed by atoms with van der Waals surface area (Å²) in [7, 11) is 1.29. The topological polar surface area (TPSA) is 85.6 Å². The molecule has 0 radical (unpaired) electrons. The molecule has 0 saturated heterocycles. The number of fused-ring (bicyclic) bond motifs is 1. The Morgan fingerprint density at radius 3 is 2.47 bits per heavy atom. The monoisotopic (exact) mass is 419 g/mol. The van der Waals surface area contributed by atoms with Crippen LogP contribution >= 0.6 is 11.3 Å². The number of aryl methyl sites for hydroxylation is 1. The summed E-state index contributed by atoms with van der Waals surface area (Å²) >= 11 is 1.25. The van der Waals surface area contributed by atoms with Gasteiger partial charge in [-0.05, 0) is 24.6 Å². The molecule has 2 aromatic carbocycles. The van der Waals surface area contributed by atoms with Crippen LogP contribution in [0.25, 0.3) is 22.1 Å². The molecule has 0 bridgehead atoms. The second kappa shape index (κ2) is 7.96. The molecule has 2 heterocycles. The van der Waals surface area contributed by atoms with Crippen LogP contribution in [-0.2, 0) is 4.74 Å². The summed E-state index contributed by atoms with van der Waals surface area (Å²) in [6.07, 6.45) is 0. The third-order valence-electron chi connectivity index (χ3n) is 4.65. The standard InChI is InChI=1S/C23H17NO5S/c1-13-18(14-8-4-3-5-9-14)19(23(27)28-2)21(30-13)24-20(25)16-12-15-10-6-7-11-17(15)29-22(16)26/h3-12H,1-2H3,(H,24,25). The van der Waals surface area contributed by atoms with Crippen LogP contribution in [0.2, 0.25) is 0 Å². The third-order valence-corrected chi connectivity index (χ3v) is 5.67. The van der Waals surface area contributed by atoms with E-state index in [4.69, 9.17) is 9.15 Å². The molecule has 0 fully saturated rings. The Labute approximate surface area is 175 Å². The van der Waals surface area contributed by atoms with Gasteiger partial charge in [-0.15, -0.1) is 11.3 Å². The fourth-order valence-corrected chi connectivity index (χ4v) is 4.33. The number of benzene rings is 2. The second-order valence-corrected chi connectivity index (χ2v) is 7.76. The molecular formula is C23H17NO5S. The van der Waals surface area contributed by atoms with Crippen LogP contribution in [0, 0.1) is 6.92 Å². The minimum atomic E-state index is -0.748. The van der Waals surface area contributed by atoms with Gasteiger partial charge in [-0.1, -0.05) is 48.5 Å². The highest BCUT2D eigenvalue weighted by molar-refractivity contribution is 7.17. The molecule has 2 aromatic heterocycles. The molecule has 1 amide bonds. The molecule has 1 N–H and O–H groups in total. The van der Waals surface area contributed by atoms with E-state index in [1.54, 1.807) is 24.3 Å². The molecule has 0 unspecified atom stereocenters. The van der Waals surface area contributed by atoms with Crippen LogP contribution in [0.1, 0.15) is 25.6 Å². The quantitative estimate of drug-likeness (QED) is 0.377. The van der Waals surface area contributed by atoms with Gasteiger partial charge in [-0.2, -0.15) is 0 Å². The summed E-state index contributed by atoms with van der Waals surface area (Å²) < 4.78 is 10.2. The zero-order valence-electron chi connectivity index (χ0n) is 16.2. The highest BCUT2D eigenvalue weighted by Crippen LogP contribution is 2.40. The molecule has 0 aliphatic heterocycles. The van der Waals surface area contributed by atoms with Gasteiger partial charge in [0.25, 0.3) is 5.91 Å². The number of amides is 1. The molecule has 0 atom stereocenters. The number of esters is 1. The minimum Gasteiger partial charge on any atom is -0.465 e. The smallest absolute Gasteiger partial charge is 0.349 e. The van der Waals surface area contributed by atoms with Crippen molar-refractivity contribution in [3.05, 3.63) is 87.1 Å². The van der Waals surface area contributed by atoms with Crippen LogP contribution in [0.4, 0.5) is 5.00 Å². The Balaban J connectivity index is 1.78. The second-order valence-electron chi connectivity index (χ2n) is 6.53. The molecule has 30 heavy (non-hydrogen) atoms. The first-order valence-corrected chi connectivity index (χ1v) is 9.92. The molecule has 4 rings (SSSR count). The predicted octanol–water partition coefficient (Wildman–Crippen LogP) is 4.87. The first kappa shape index (κ1) is 19.6. The Bertz CT molecular complexity index is 1320. The number of anilines is 1. The highest BCUT2D eigenvalue weighted by Gasteiger charge is 2.26. The van der Waals surface area contributed by atoms with Crippen LogP contribution in [0.5, 0.6) is 0 Å². The normalized spacial score (nSPS) is 10.7. The number of methoxy groups -OCH3 is 1. The number of thiophene rings is 1. The summed E-state index contributed by atoms with van der Waals surface area (Å²) in [5, 5.41) is 3.64. The summed E-state index contributed by atoms with van der Waals surface area (Å²) in [4.78, 5) is 38.6. The number of nitrogens with one attached hydrogen (secondary N) is 1. The van der Waals surface area contributed by atoms with Gasteiger partial charge in [0.15, 0.2) is 0 Å². The first-order valence-electron chi connectivity index (χ1n) is 9.11. The van der Waals surface area contributed by atoms with Crippen molar-refractivity contribution in [1.29, 1.82) is 0 Å². The van der Waals surface area contributed by atoms with Crippen molar-refractivity contribution in [2.24, 2.45) is 0 Å². The lowest BCUT2D eigenvalue weighted by Gasteiger charge is -2.08. The molecule has 0 spiro atoms. The van der Waals surface area contributed by atoms with Crippen molar-refractivity contribution in [2.45, 2.75) is 6.92 Å². The average molecular weight is 419 g/mol. The molecular weight excluding hydrogens is 402 g/mol. The molecule has 0 saturated carbocycles. The minimum absolute atomic E-state index is 0.142. The highest BCUT2D eigenvalue weighted by atomic mass is 32.1. The Morgan fingerprint density at radius 2 is 1.73 bits per heavy atom. The van der Waals surface area contributed by atoms with E-state index >= 15 is 0 Å². The number of hydrogen-bond donors (Lipinski definition) is 1. The zero-order chi connectivity index (χ0) is 21.3. The van der Waals surface area contributed by atoms with Gasteiger partial charge in [0.05, 0.1) is 7.11 Å². The zero-order valence-corrected chi connectivity index (χ0v) is 17.0. The maximum Gasteiger partial charge on any atom is 0.349 e. The molecule has 0 aliphatic rings. The Morgan fingerprint density at radius 1 is 1.03 bits per heavy atom. The number of rotatable bonds is 4. The van der Waals surface area contributed by atoms with E-state index in [0.717, 1.165) is 10.4 Å². The van der Waals surface area contributed by atoms with Gasteiger partial charge < -0.3 is 14.5 Å². The lowest BCUT2D eigenvalue weighted by molar-refractivity contribution is 0.0603. The number of para-hydroxylation sites is 1. The van der Waals surface area contributed by atoms with Crippen LogP contribution in [0.3, 0.4) is 0 Å². The predicted molar refractivity (Wildman–Crippen MR) is 116 cm³/mol. The summed E-state index contributed by atoms with van der Waals surface area (Å²) in [6, 6.07) is 17.8. The van der Waals surface area contributed by atoms with Gasteiger partial charge in [-0.3, -0.25) is 4.79 Å². The largest absolute Gasteiger partial charge is 0.465 e. The molecule has 0 aliphatic carbocycles. The maximum absolute atomic E-state index is 12.9. The van der Waals surface area contributed by atoms with Crippen LogP contribution < -0.4 is 10.9 Å². The average Bonchev–Trinajstić information content (AvgIpc) is 3.08. The fraction of sp³-hybridized carbons (Fsp3) is 0.0870. The van der Waals surface area contributed by atoms with E-state index in [1.165, 1.54) is 24.5 Å². The maximum atomic E-state index is 12.9. The summed E-state index contributed by atoms with van der Waals surface area (Å²) in [6.45, 7) is 1.86. The number of hydrogen-bond acceptors (Lipinski definition) is 6. The lowest BCUT2D eigenvalue weighted by Crippen LogP contribution is -2.21. The van der Waals surface area contributed by atoms with Crippen molar-refractivity contribution >= 4 is 39.2 Å². The van der Waals surface area contributed by atoms with Crippen molar-refractivity contribution < 1.29 is 18.7 Å². The van der Waals surface area contributed by atoms with Gasteiger partial charge >= 0.3 is 11.6 Å². The van der Waals surface area contributed by atoms with E-state index < -0.39 is 17.5 Å². The third kappa shape index (κ3) is 3.51. The number of ether oxygens (including phenoxy) is 1. The van der Waals surface area contributed by atoms with E-state index in [9.17, 15) is 14.4 Å². The number of carbonyl (C=O) groups excluding carboxylic acids is 2. The molecule has 6 nitrogen and oxygen atoms in total. The molecule has 150 valence electrons. The first-order chi connectivity index (χ1) is 14.5. The SMILES string of the molecule is COC(=O)c1c(NC(=O)c2cc3ccccc3oc2=O)sc(C)c1-c1ccccc1. The van der Waals surface area contributed by atoms with Gasteiger partial charge in [0, 0.05) is 15.8 Å². The van der Waals surface area contributed by atoms with Crippen LogP contribution in [0.15, 0.2) is 69.9 Å². The Hall–Kier alpha value is -3.71. The summed E-state index contributed by atoms with van der Waals surface area (Å²) in [5.74, 6) is -1.22. The van der Waals surface area contributed by atoms with E-state index in [2.05, 4.69) is 5.32 Å². The summed E-state index contributed by atoms with van der Waals surface area (Å²) in [5.41, 5.74) is 1.28. The molecule has 7 heteroatoms. The van der Waals surface area contributed by atoms with Crippen molar-refractivity contribution in [1.82, 2.24) is 0 Å². The van der Waals surface area contributed by atoms with E-state index in [-0.39, 0.29) is 11.1 Å². The fourth-order valence-electron chi connectivity index (χ4n) is 3.27. The van der Waals surface area contributed by atoms with Gasteiger partial charge in [0.2, 0.25) is 0 Å². The van der Waals surface area contributed by atoms with E-state index in [1.807, 2.05) is 37.3 Å². The van der Waals surface area contributed by atoms with Crippen molar-refractivity contribution in [3.63, 3.8) is 0 Å². The van der Waals surface area contributed by atoms with Gasteiger partial charge in [0.1, 0.15) is 21.7 Å². The van der Waals surface area contributed by atoms with Crippen molar-refractivity contribution in [3.8, 4) is 11.1 Å². The van der Waals surface area contributed by atoms with Gasteiger partial charge in [-0.25, -0.2) is 9.59 Å². The van der Waals surface area contributed by atoms with Crippen LogP contribution in [-0.4, -0.2) is 19.0 Å². The van der Waals surface area contributed by atoms with Crippen molar-refractivity contribution in [2.75, 3.05) is 12.4 Å².